The molecule has 1 N–H and O–H groups in total. The summed E-state index contributed by atoms with van der Waals surface area (Å²) in [4.78, 5) is 0. The largest absolute Gasteiger partial charge is 0.378 e. The van der Waals surface area contributed by atoms with Crippen LogP contribution in [0.25, 0.3) is 0 Å². The molecule has 0 radical (unpaired) electrons. The maximum Gasteiger partial charge on any atom is 0.0575 e. The summed E-state index contributed by atoms with van der Waals surface area (Å²) in [5.41, 5.74) is 1.39. The molecule has 20 heavy (non-hydrogen) atoms. The molecule has 1 aliphatic heterocycles. The highest BCUT2D eigenvalue weighted by Crippen LogP contribution is 2.21. The Bertz CT molecular complexity index is 390. The highest BCUT2D eigenvalue weighted by atomic mass is 79.9. The zero-order chi connectivity index (χ0) is 14.2. The third-order valence-corrected chi connectivity index (χ3v) is 4.80. The van der Waals surface area contributed by atoms with Gasteiger partial charge >= 0.3 is 0 Å². The first-order valence-corrected chi connectivity index (χ1v) is 8.67. The fourth-order valence-corrected chi connectivity index (χ4v) is 3.36. The van der Waals surface area contributed by atoms with Gasteiger partial charge < -0.3 is 10.1 Å². The highest BCUT2D eigenvalue weighted by molar-refractivity contribution is 9.10. The smallest absolute Gasteiger partial charge is 0.0575 e. The molecule has 0 bridgehead atoms. The van der Waals surface area contributed by atoms with Gasteiger partial charge in [0.1, 0.15) is 0 Å². The molecule has 2 atom stereocenters. The quantitative estimate of drug-likeness (QED) is 0.798. The first-order valence-electron chi connectivity index (χ1n) is 7.88. The van der Waals surface area contributed by atoms with E-state index in [-0.39, 0.29) is 0 Å². The molecule has 1 aromatic rings. The Morgan fingerprint density at radius 1 is 1.35 bits per heavy atom. The summed E-state index contributed by atoms with van der Waals surface area (Å²) in [7, 11) is 0. The molecule has 112 valence electrons. The summed E-state index contributed by atoms with van der Waals surface area (Å²) in [6.45, 7) is 4.17. The van der Waals surface area contributed by atoms with Crippen molar-refractivity contribution in [3.8, 4) is 0 Å². The fourth-order valence-electron chi connectivity index (χ4n) is 2.92. The molecule has 0 spiro atoms. The Morgan fingerprint density at radius 3 is 2.90 bits per heavy atom. The minimum atomic E-state index is 0.490. The van der Waals surface area contributed by atoms with Crippen molar-refractivity contribution in [2.75, 3.05) is 13.2 Å². The lowest BCUT2D eigenvalue weighted by Crippen LogP contribution is -2.32. The van der Waals surface area contributed by atoms with Gasteiger partial charge in [0.2, 0.25) is 0 Å². The molecule has 0 saturated carbocycles. The van der Waals surface area contributed by atoms with Crippen LogP contribution < -0.4 is 5.32 Å². The van der Waals surface area contributed by atoms with E-state index in [0.717, 1.165) is 19.6 Å². The first-order chi connectivity index (χ1) is 9.79. The van der Waals surface area contributed by atoms with Gasteiger partial charge in [-0.15, -0.1) is 0 Å². The number of halogens is 1. The van der Waals surface area contributed by atoms with Crippen molar-refractivity contribution < 1.29 is 4.74 Å². The van der Waals surface area contributed by atoms with Crippen molar-refractivity contribution >= 4 is 15.9 Å². The number of likely N-dealkylation sites (N-methyl/N-ethyl adjacent to an activating group) is 1. The molecule has 1 aromatic carbocycles. The highest BCUT2D eigenvalue weighted by Gasteiger charge is 2.17. The predicted molar refractivity (Wildman–Crippen MR) is 88.1 cm³/mol. The second kappa shape index (κ2) is 8.81. The molecule has 3 heteroatoms. The lowest BCUT2D eigenvalue weighted by Gasteiger charge is -2.25. The van der Waals surface area contributed by atoms with Gasteiger partial charge in [-0.1, -0.05) is 41.1 Å². The van der Waals surface area contributed by atoms with E-state index in [1.807, 2.05) is 0 Å². The average Bonchev–Trinajstić information content (AvgIpc) is 2.48. The van der Waals surface area contributed by atoms with Crippen LogP contribution in [-0.4, -0.2) is 25.3 Å². The van der Waals surface area contributed by atoms with E-state index in [2.05, 4.69) is 52.4 Å². The molecule has 0 amide bonds. The van der Waals surface area contributed by atoms with Crippen LogP contribution in [0.3, 0.4) is 0 Å². The molecule has 2 rings (SSSR count). The second-order valence-corrected chi connectivity index (χ2v) is 6.47. The van der Waals surface area contributed by atoms with Gasteiger partial charge in [-0.05, 0) is 56.7 Å². The third-order valence-electron chi connectivity index (χ3n) is 4.03. The number of hydrogen-bond donors (Lipinski definition) is 1. The standard InChI is InChI=1S/C17H26BrNO/c1-2-19-15(10-11-16-8-5-6-12-20-16)13-14-7-3-4-9-17(14)18/h3-4,7,9,15-16,19H,2,5-6,8,10-13H2,1H3. The van der Waals surface area contributed by atoms with E-state index < -0.39 is 0 Å². The van der Waals surface area contributed by atoms with Crippen molar-refractivity contribution in [3.05, 3.63) is 34.3 Å². The molecule has 1 saturated heterocycles. The summed E-state index contributed by atoms with van der Waals surface area (Å²) >= 11 is 3.65. The number of rotatable bonds is 7. The Balaban J connectivity index is 1.84. The minimum Gasteiger partial charge on any atom is -0.378 e. The van der Waals surface area contributed by atoms with Crippen molar-refractivity contribution in [2.45, 2.75) is 57.6 Å². The number of benzene rings is 1. The predicted octanol–water partition coefficient (Wildman–Crippen LogP) is 4.32. The zero-order valence-electron chi connectivity index (χ0n) is 12.4. The normalized spacial score (nSPS) is 20.8. The van der Waals surface area contributed by atoms with E-state index in [1.165, 1.54) is 42.1 Å². The molecule has 0 aromatic heterocycles. The van der Waals surface area contributed by atoms with Gasteiger partial charge in [-0.3, -0.25) is 0 Å². The lowest BCUT2D eigenvalue weighted by atomic mass is 9.97. The van der Waals surface area contributed by atoms with Crippen LogP contribution in [0.4, 0.5) is 0 Å². The van der Waals surface area contributed by atoms with E-state index >= 15 is 0 Å². The minimum absolute atomic E-state index is 0.490. The van der Waals surface area contributed by atoms with Crippen LogP contribution in [-0.2, 0) is 11.2 Å². The van der Waals surface area contributed by atoms with Crippen LogP contribution in [0.5, 0.6) is 0 Å². The van der Waals surface area contributed by atoms with Crippen LogP contribution in [0.1, 0.15) is 44.6 Å². The monoisotopic (exact) mass is 339 g/mol. The van der Waals surface area contributed by atoms with Crippen LogP contribution >= 0.6 is 15.9 Å². The molecule has 2 unspecified atom stereocenters. The van der Waals surface area contributed by atoms with Crippen LogP contribution in [0.2, 0.25) is 0 Å². The SMILES string of the molecule is CCNC(CCC1CCCCO1)Cc1ccccc1Br. The van der Waals surface area contributed by atoms with E-state index in [4.69, 9.17) is 4.74 Å². The summed E-state index contributed by atoms with van der Waals surface area (Å²) in [6.07, 6.45) is 7.77. The van der Waals surface area contributed by atoms with Crippen LogP contribution in [0.15, 0.2) is 28.7 Å². The third kappa shape index (κ3) is 5.19. The van der Waals surface area contributed by atoms with Gasteiger partial charge in [0, 0.05) is 17.1 Å². The average molecular weight is 340 g/mol. The van der Waals surface area contributed by atoms with Gasteiger partial charge in [0.25, 0.3) is 0 Å². The zero-order valence-corrected chi connectivity index (χ0v) is 14.0. The van der Waals surface area contributed by atoms with Crippen molar-refractivity contribution in [2.24, 2.45) is 0 Å². The summed E-state index contributed by atoms with van der Waals surface area (Å²) < 4.78 is 7.06. The molecule has 1 fully saturated rings. The maximum absolute atomic E-state index is 5.84. The fraction of sp³-hybridized carbons (Fsp3) is 0.647. The van der Waals surface area contributed by atoms with Gasteiger partial charge in [-0.25, -0.2) is 0 Å². The van der Waals surface area contributed by atoms with Gasteiger partial charge in [0.15, 0.2) is 0 Å². The molecule has 1 aliphatic rings. The topological polar surface area (TPSA) is 21.3 Å². The van der Waals surface area contributed by atoms with E-state index in [0.29, 0.717) is 12.1 Å². The Morgan fingerprint density at radius 2 is 2.20 bits per heavy atom. The first kappa shape index (κ1) is 16.0. The Labute approximate surface area is 131 Å². The maximum atomic E-state index is 5.84. The van der Waals surface area contributed by atoms with Gasteiger partial charge in [-0.2, -0.15) is 0 Å². The number of hydrogen-bond acceptors (Lipinski definition) is 2. The summed E-state index contributed by atoms with van der Waals surface area (Å²) in [5.74, 6) is 0. The molecule has 2 nitrogen and oxygen atoms in total. The molecule has 0 aliphatic carbocycles. The number of ether oxygens (including phenoxy) is 1. The second-order valence-electron chi connectivity index (χ2n) is 5.62. The molecule has 1 heterocycles. The Hall–Kier alpha value is -0.380. The molecular weight excluding hydrogens is 314 g/mol. The van der Waals surface area contributed by atoms with Crippen molar-refractivity contribution in [1.82, 2.24) is 5.32 Å². The Kier molecular flexibility index (Phi) is 7.05. The summed E-state index contributed by atoms with van der Waals surface area (Å²) in [5, 5.41) is 3.62. The van der Waals surface area contributed by atoms with E-state index in [1.54, 1.807) is 0 Å². The van der Waals surface area contributed by atoms with E-state index in [9.17, 15) is 0 Å². The number of nitrogens with one attached hydrogen (secondary N) is 1. The lowest BCUT2D eigenvalue weighted by molar-refractivity contribution is 0.00860. The van der Waals surface area contributed by atoms with Crippen molar-refractivity contribution in [1.29, 1.82) is 0 Å². The molecular formula is C17H26BrNO. The van der Waals surface area contributed by atoms with Gasteiger partial charge in [0.05, 0.1) is 6.10 Å². The van der Waals surface area contributed by atoms with Crippen LogP contribution in [0, 0.1) is 0 Å². The summed E-state index contributed by atoms with van der Waals surface area (Å²) in [6, 6.07) is 9.08. The van der Waals surface area contributed by atoms with Crippen molar-refractivity contribution in [3.63, 3.8) is 0 Å².